The molecule has 2 fully saturated rings. The summed E-state index contributed by atoms with van der Waals surface area (Å²) >= 11 is 0. The Morgan fingerprint density at radius 2 is 1.62 bits per heavy atom. The molecule has 182 valence electrons. The molecule has 1 saturated heterocycles. The van der Waals surface area contributed by atoms with E-state index in [4.69, 9.17) is 0 Å². The summed E-state index contributed by atoms with van der Waals surface area (Å²) in [5.41, 5.74) is 0.948. The predicted octanol–water partition coefficient (Wildman–Crippen LogP) is 4.09. The molecule has 1 unspecified atom stereocenters. The number of amides is 2. The first-order valence-electron chi connectivity index (χ1n) is 12.1. The van der Waals surface area contributed by atoms with Crippen LogP contribution in [0.1, 0.15) is 44.2 Å². The number of hydrogen-bond acceptors (Lipinski definition) is 4. The maximum absolute atomic E-state index is 15.0. The van der Waals surface area contributed by atoms with Gasteiger partial charge in [0.15, 0.2) is 11.6 Å². The van der Waals surface area contributed by atoms with Crippen molar-refractivity contribution in [1.29, 1.82) is 0 Å². The molecule has 34 heavy (non-hydrogen) atoms. The van der Waals surface area contributed by atoms with Gasteiger partial charge in [-0.25, -0.2) is 8.78 Å². The summed E-state index contributed by atoms with van der Waals surface area (Å²) in [6.45, 7) is 4.13. The lowest BCUT2D eigenvalue weighted by Gasteiger charge is -2.40. The van der Waals surface area contributed by atoms with Crippen LogP contribution in [-0.4, -0.2) is 49.4 Å². The highest BCUT2D eigenvalue weighted by atomic mass is 19.1. The number of benzene rings is 2. The van der Waals surface area contributed by atoms with Crippen molar-refractivity contribution < 1.29 is 18.4 Å². The Bertz CT molecular complexity index is 980. The van der Waals surface area contributed by atoms with E-state index in [2.05, 4.69) is 10.6 Å². The van der Waals surface area contributed by atoms with Gasteiger partial charge in [-0.15, -0.1) is 0 Å². The Kier molecular flexibility index (Phi) is 7.77. The molecule has 1 atom stereocenters. The van der Waals surface area contributed by atoms with Crippen molar-refractivity contribution in [3.05, 3.63) is 59.7 Å². The maximum atomic E-state index is 15.0. The minimum atomic E-state index is -0.696. The molecular formula is C26H32F2N4O2. The number of rotatable bonds is 7. The van der Waals surface area contributed by atoms with Crippen LogP contribution >= 0.6 is 0 Å². The van der Waals surface area contributed by atoms with E-state index in [1.54, 1.807) is 4.90 Å². The largest absolute Gasteiger partial charge is 0.364 e. The minimum Gasteiger partial charge on any atom is -0.364 e. The van der Waals surface area contributed by atoms with Gasteiger partial charge in [0.1, 0.15) is 11.7 Å². The molecule has 0 spiro atoms. The molecule has 6 nitrogen and oxygen atoms in total. The van der Waals surface area contributed by atoms with E-state index < -0.39 is 17.7 Å². The number of hydrogen-bond donors (Lipinski definition) is 2. The lowest BCUT2D eigenvalue weighted by atomic mass is 10.0. The third kappa shape index (κ3) is 5.38. The number of carbonyl (C=O) groups excluding carboxylic acids is 2. The zero-order valence-electron chi connectivity index (χ0n) is 19.5. The van der Waals surface area contributed by atoms with Gasteiger partial charge in [-0.3, -0.25) is 14.5 Å². The molecule has 2 aliphatic rings. The van der Waals surface area contributed by atoms with Gasteiger partial charge >= 0.3 is 0 Å². The van der Waals surface area contributed by atoms with Crippen LogP contribution < -0.4 is 15.5 Å². The molecule has 1 heterocycles. The summed E-state index contributed by atoms with van der Waals surface area (Å²) in [7, 11) is 0. The Hall–Kier alpha value is -3.00. The Balaban J connectivity index is 1.44. The molecule has 2 aromatic carbocycles. The molecule has 2 amide bonds. The normalized spacial score (nSPS) is 18.0. The average molecular weight is 471 g/mol. The van der Waals surface area contributed by atoms with E-state index in [1.807, 2.05) is 42.2 Å². The smallest absolute Gasteiger partial charge is 0.241 e. The first kappa shape index (κ1) is 24.1. The van der Waals surface area contributed by atoms with Crippen LogP contribution in [0.2, 0.25) is 0 Å². The highest BCUT2D eigenvalue weighted by molar-refractivity contribution is 5.93. The van der Waals surface area contributed by atoms with Gasteiger partial charge in [0.2, 0.25) is 11.8 Å². The molecule has 1 aliphatic carbocycles. The molecule has 2 aromatic rings. The standard InChI is InChI=1S/C26H32F2N4O2/c1-2-29-26(34)23(18-8-4-3-5-9-18)31-12-14-32(15-13-31)24-21(27)16-20(17-22(24)28)30-25(33)19-10-6-7-11-19/h3-5,8-9,16-17,19,23H,2,6-7,10-15H2,1H3,(H,29,34)(H,30,33). The van der Waals surface area contributed by atoms with Gasteiger partial charge in [-0.05, 0) is 37.5 Å². The fourth-order valence-electron chi connectivity index (χ4n) is 5.01. The van der Waals surface area contributed by atoms with Crippen LogP contribution in [0, 0.1) is 17.6 Å². The highest BCUT2D eigenvalue weighted by Gasteiger charge is 2.32. The van der Waals surface area contributed by atoms with Gasteiger partial charge in [-0.2, -0.15) is 0 Å². The fourth-order valence-corrected chi connectivity index (χ4v) is 5.01. The molecule has 4 rings (SSSR count). The quantitative estimate of drug-likeness (QED) is 0.640. The van der Waals surface area contributed by atoms with Crippen molar-refractivity contribution in [2.75, 3.05) is 42.9 Å². The Morgan fingerprint density at radius 3 is 2.21 bits per heavy atom. The van der Waals surface area contributed by atoms with E-state index in [0.717, 1.165) is 31.2 Å². The number of anilines is 2. The molecule has 0 radical (unpaired) electrons. The Morgan fingerprint density at radius 1 is 1.00 bits per heavy atom. The van der Waals surface area contributed by atoms with E-state index in [1.165, 1.54) is 12.1 Å². The fraction of sp³-hybridized carbons (Fsp3) is 0.462. The van der Waals surface area contributed by atoms with Gasteiger partial charge in [0.25, 0.3) is 0 Å². The highest BCUT2D eigenvalue weighted by Crippen LogP contribution is 2.31. The van der Waals surface area contributed by atoms with Crippen molar-refractivity contribution in [3.63, 3.8) is 0 Å². The number of halogens is 2. The first-order valence-corrected chi connectivity index (χ1v) is 12.1. The maximum Gasteiger partial charge on any atom is 0.241 e. The number of nitrogens with zero attached hydrogens (tertiary/aromatic N) is 2. The lowest BCUT2D eigenvalue weighted by Crippen LogP contribution is -2.51. The number of piperazine rings is 1. The minimum absolute atomic E-state index is 0.0816. The second-order valence-corrected chi connectivity index (χ2v) is 8.99. The van der Waals surface area contributed by atoms with Crippen molar-refractivity contribution in [2.45, 2.75) is 38.6 Å². The van der Waals surface area contributed by atoms with Crippen molar-refractivity contribution in [2.24, 2.45) is 5.92 Å². The van der Waals surface area contributed by atoms with Crippen molar-refractivity contribution in [1.82, 2.24) is 10.2 Å². The number of likely N-dealkylation sites (N-methyl/N-ethyl adjacent to an activating group) is 1. The Labute approximate surface area is 199 Å². The SMILES string of the molecule is CCNC(=O)C(c1ccccc1)N1CCN(c2c(F)cc(NC(=O)C3CCCC3)cc2F)CC1. The summed E-state index contributed by atoms with van der Waals surface area (Å²) in [5, 5.41) is 5.57. The molecule has 1 aliphatic heterocycles. The molecular weight excluding hydrogens is 438 g/mol. The third-order valence-electron chi connectivity index (χ3n) is 6.72. The van der Waals surface area contributed by atoms with Crippen LogP contribution in [0.3, 0.4) is 0 Å². The molecule has 0 bridgehead atoms. The third-order valence-corrected chi connectivity index (χ3v) is 6.72. The van der Waals surface area contributed by atoms with Crippen molar-refractivity contribution >= 4 is 23.2 Å². The molecule has 8 heteroatoms. The first-order chi connectivity index (χ1) is 16.5. The topological polar surface area (TPSA) is 64.7 Å². The predicted molar refractivity (Wildman–Crippen MR) is 129 cm³/mol. The van der Waals surface area contributed by atoms with Crippen LogP contribution in [0.5, 0.6) is 0 Å². The average Bonchev–Trinajstić information content (AvgIpc) is 3.36. The zero-order chi connectivity index (χ0) is 24.1. The van der Waals surface area contributed by atoms with E-state index in [9.17, 15) is 18.4 Å². The van der Waals surface area contributed by atoms with Crippen molar-refractivity contribution in [3.8, 4) is 0 Å². The number of carbonyl (C=O) groups is 2. The van der Waals surface area contributed by atoms with Gasteiger partial charge in [-0.1, -0.05) is 43.2 Å². The van der Waals surface area contributed by atoms with E-state index in [-0.39, 0.29) is 29.1 Å². The van der Waals surface area contributed by atoms with Crippen LogP contribution in [-0.2, 0) is 9.59 Å². The van der Waals surface area contributed by atoms with Gasteiger partial charge < -0.3 is 15.5 Å². The number of nitrogens with one attached hydrogen (secondary N) is 2. The summed E-state index contributed by atoms with van der Waals surface area (Å²) in [6, 6.07) is 11.5. The molecule has 1 saturated carbocycles. The van der Waals surface area contributed by atoms with E-state index in [0.29, 0.717) is 32.7 Å². The van der Waals surface area contributed by atoms with Crippen LogP contribution in [0.4, 0.5) is 20.2 Å². The van der Waals surface area contributed by atoms with Crippen LogP contribution in [0.25, 0.3) is 0 Å². The van der Waals surface area contributed by atoms with Crippen LogP contribution in [0.15, 0.2) is 42.5 Å². The summed E-state index contributed by atoms with van der Waals surface area (Å²) in [6.07, 6.45) is 3.66. The summed E-state index contributed by atoms with van der Waals surface area (Å²) in [4.78, 5) is 28.9. The second-order valence-electron chi connectivity index (χ2n) is 8.99. The lowest BCUT2D eigenvalue weighted by molar-refractivity contribution is -0.126. The van der Waals surface area contributed by atoms with Gasteiger partial charge in [0.05, 0.1) is 0 Å². The molecule has 2 N–H and O–H groups in total. The van der Waals surface area contributed by atoms with Gasteiger partial charge in [0, 0.05) is 44.3 Å². The zero-order valence-corrected chi connectivity index (χ0v) is 19.5. The molecule has 0 aromatic heterocycles. The second kappa shape index (κ2) is 11.0. The monoisotopic (exact) mass is 470 g/mol. The summed E-state index contributed by atoms with van der Waals surface area (Å²) in [5.74, 6) is -1.73. The van der Waals surface area contributed by atoms with E-state index >= 15 is 0 Å². The summed E-state index contributed by atoms with van der Waals surface area (Å²) < 4.78 is 29.9.